The van der Waals surface area contributed by atoms with E-state index >= 15 is 0 Å². The molecule has 1 saturated heterocycles. The molecule has 82 valence electrons. The zero-order chi connectivity index (χ0) is 10.5. The van der Waals surface area contributed by atoms with Crippen LogP contribution in [0.25, 0.3) is 0 Å². The SMILES string of the molecule is O=C(NCC1COCCO1)c1cn[nH]c1. The summed E-state index contributed by atoms with van der Waals surface area (Å²) in [7, 11) is 0. The number of nitrogens with zero attached hydrogens (tertiary/aromatic N) is 1. The summed E-state index contributed by atoms with van der Waals surface area (Å²) >= 11 is 0. The Kier molecular flexibility index (Phi) is 3.31. The number of carbonyl (C=O) groups is 1. The van der Waals surface area contributed by atoms with Gasteiger partial charge >= 0.3 is 0 Å². The average molecular weight is 211 g/mol. The van der Waals surface area contributed by atoms with E-state index in [2.05, 4.69) is 15.5 Å². The summed E-state index contributed by atoms with van der Waals surface area (Å²) in [6.45, 7) is 2.22. The monoisotopic (exact) mass is 211 g/mol. The molecule has 0 radical (unpaired) electrons. The van der Waals surface area contributed by atoms with Crippen molar-refractivity contribution in [1.82, 2.24) is 15.5 Å². The lowest BCUT2D eigenvalue weighted by Gasteiger charge is -2.22. The summed E-state index contributed by atoms with van der Waals surface area (Å²) in [5, 5.41) is 9.03. The van der Waals surface area contributed by atoms with Crippen LogP contribution in [0.2, 0.25) is 0 Å². The number of H-pyrrole nitrogens is 1. The van der Waals surface area contributed by atoms with Crippen molar-refractivity contribution in [2.24, 2.45) is 0 Å². The van der Waals surface area contributed by atoms with Gasteiger partial charge in [-0.25, -0.2) is 0 Å². The number of rotatable bonds is 3. The smallest absolute Gasteiger partial charge is 0.254 e. The highest BCUT2D eigenvalue weighted by atomic mass is 16.6. The zero-order valence-corrected chi connectivity index (χ0v) is 8.23. The Hall–Kier alpha value is -1.40. The number of aromatic nitrogens is 2. The van der Waals surface area contributed by atoms with Gasteiger partial charge in [-0.15, -0.1) is 0 Å². The van der Waals surface area contributed by atoms with Gasteiger partial charge in [0, 0.05) is 12.7 Å². The number of ether oxygens (including phenoxy) is 2. The van der Waals surface area contributed by atoms with E-state index in [4.69, 9.17) is 9.47 Å². The molecule has 0 aliphatic carbocycles. The maximum absolute atomic E-state index is 11.5. The molecule has 2 rings (SSSR count). The van der Waals surface area contributed by atoms with Crippen molar-refractivity contribution in [3.63, 3.8) is 0 Å². The van der Waals surface area contributed by atoms with Crippen molar-refractivity contribution >= 4 is 5.91 Å². The number of hydrogen-bond acceptors (Lipinski definition) is 4. The summed E-state index contributed by atoms with van der Waals surface area (Å²) in [5.41, 5.74) is 0.520. The van der Waals surface area contributed by atoms with Crippen LogP contribution in [0.15, 0.2) is 12.4 Å². The molecular formula is C9H13N3O3. The van der Waals surface area contributed by atoms with E-state index in [-0.39, 0.29) is 12.0 Å². The van der Waals surface area contributed by atoms with E-state index in [0.29, 0.717) is 31.9 Å². The Labute approximate surface area is 87.0 Å². The maximum atomic E-state index is 11.5. The second-order valence-electron chi connectivity index (χ2n) is 3.26. The third-order valence-corrected chi connectivity index (χ3v) is 2.14. The van der Waals surface area contributed by atoms with Gasteiger partial charge in [0.15, 0.2) is 0 Å². The highest BCUT2D eigenvalue weighted by Gasteiger charge is 2.15. The first-order valence-corrected chi connectivity index (χ1v) is 4.82. The van der Waals surface area contributed by atoms with Crippen LogP contribution in [0, 0.1) is 0 Å². The largest absolute Gasteiger partial charge is 0.376 e. The molecule has 1 aromatic rings. The normalized spacial score (nSPS) is 21.2. The molecule has 1 atom stereocenters. The van der Waals surface area contributed by atoms with Gasteiger partial charge in [0.25, 0.3) is 5.91 Å². The fraction of sp³-hybridized carbons (Fsp3) is 0.556. The Morgan fingerprint density at radius 3 is 3.27 bits per heavy atom. The molecule has 0 bridgehead atoms. The Morgan fingerprint density at radius 1 is 1.67 bits per heavy atom. The van der Waals surface area contributed by atoms with Crippen molar-refractivity contribution in [1.29, 1.82) is 0 Å². The summed E-state index contributed by atoms with van der Waals surface area (Å²) in [5.74, 6) is -0.155. The molecule has 0 aromatic carbocycles. The van der Waals surface area contributed by atoms with Crippen molar-refractivity contribution in [3.8, 4) is 0 Å². The Morgan fingerprint density at radius 2 is 2.60 bits per heavy atom. The minimum Gasteiger partial charge on any atom is -0.376 e. The first kappa shape index (κ1) is 10.1. The molecule has 1 aromatic heterocycles. The minimum atomic E-state index is -0.155. The number of hydrogen-bond donors (Lipinski definition) is 2. The standard InChI is InChI=1S/C9H13N3O3/c13-9(7-3-11-12-4-7)10-5-8-6-14-1-2-15-8/h3-4,8H,1-2,5-6H2,(H,10,13)(H,11,12). The molecule has 0 spiro atoms. The van der Waals surface area contributed by atoms with Crippen LogP contribution < -0.4 is 5.32 Å². The lowest BCUT2D eigenvalue weighted by molar-refractivity contribution is -0.0855. The van der Waals surface area contributed by atoms with Crippen LogP contribution in [0.1, 0.15) is 10.4 Å². The van der Waals surface area contributed by atoms with Gasteiger partial charge in [0.05, 0.1) is 37.7 Å². The maximum Gasteiger partial charge on any atom is 0.254 e. The molecule has 1 unspecified atom stereocenters. The molecule has 2 N–H and O–H groups in total. The minimum absolute atomic E-state index is 0.0467. The number of carbonyl (C=O) groups excluding carboxylic acids is 1. The van der Waals surface area contributed by atoms with Crippen LogP contribution in [-0.4, -0.2) is 48.6 Å². The number of nitrogens with one attached hydrogen (secondary N) is 2. The van der Waals surface area contributed by atoms with Crippen LogP contribution >= 0.6 is 0 Å². The van der Waals surface area contributed by atoms with Crippen molar-refractivity contribution in [2.45, 2.75) is 6.10 Å². The quantitative estimate of drug-likeness (QED) is 0.710. The van der Waals surface area contributed by atoms with E-state index in [1.54, 1.807) is 6.20 Å². The highest BCUT2D eigenvalue weighted by Crippen LogP contribution is 2.00. The number of aromatic amines is 1. The predicted molar refractivity (Wildman–Crippen MR) is 51.5 cm³/mol. The first-order valence-electron chi connectivity index (χ1n) is 4.82. The molecule has 15 heavy (non-hydrogen) atoms. The van der Waals surface area contributed by atoms with E-state index in [0.717, 1.165) is 0 Å². The lowest BCUT2D eigenvalue weighted by atomic mass is 10.3. The van der Waals surface area contributed by atoms with E-state index < -0.39 is 0 Å². The van der Waals surface area contributed by atoms with Crippen LogP contribution in [0.3, 0.4) is 0 Å². The summed E-state index contributed by atoms with van der Waals surface area (Å²) in [4.78, 5) is 11.5. The van der Waals surface area contributed by atoms with Gasteiger partial charge in [-0.3, -0.25) is 9.89 Å². The molecule has 2 heterocycles. The molecular weight excluding hydrogens is 198 g/mol. The fourth-order valence-corrected chi connectivity index (χ4v) is 1.34. The van der Waals surface area contributed by atoms with Gasteiger partial charge < -0.3 is 14.8 Å². The van der Waals surface area contributed by atoms with E-state index in [9.17, 15) is 4.79 Å². The predicted octanol–water partition coefficient (Wildman–Crippen LogP) is -0.445. The Bertz CT molecular complexity index is 306. The lowest BCUT2D eigenvalue weighted by Crippen LogP contribution is -2.39. The van der Waals surface area contributed by atoms with Crippen LogP contribution in [0.4, 0.5) is 0 Å². The third kappa shape index (κ3) is 2.77. The molecule has 6 nitrogen and oxygen atoms in total. The molecule has 1 amide bonds. The van der Waals surface area contributed by atoms with Gasteiger partial charge in [-0.2, -0.15) is 5.10 Å². The second-order valence-corrected chi connectivity index (χ2v) is 3.26. The summed E-state index contributed by atoms with van der Waals surface area (Å²) < 4.78 is 10.6. The second kappa shape index (κ2) is 4.90. The summed E-state index contributed by atoms with van der Waals surface area (Å²) in [6, 6.07) is 0. The van der Waals surface area contributed by atoms with Gasteiger partial charge in [0.1, 0.15) is 0 Å². The van der Waals surface area contributed by atoms with Crippen LogP contribution in [-0.2, 0) is 9.47 Å². The molecule has 1 aliphatic rings. The van der Waals surface area contributed by atoms with Gasteiger partial charge in [-0.05, 0) is 0 Å². The summed E-state index contributed by atoms with van der Waals surface area (Å²) in [6.07, 6.45) is 2.98. The van der Waals surface area contributed by atoms with E-state index in [1.165, 1.54) is 6.20 Å². The van der Waals surface area contributed by atoms with Gasteiger partial charge in [0.2, 0.25) is 0 Å². The van der Waals surface area contributed by atoms with Crippen molar-refractivity contribution < 1.29 is 14.3 Å². The van der Waals surface area contributed by atoms with Crippen molar-refractivity contribution in [2.75, 3.05) is 26.4 Å². The Balaban J connectivity index is 1.75. The third-order valence-electron chi connectivity index (χ3n) is 2.14. The van der Waals surface area contributed by atoms with E-state index in [1.807, 2.05) is 0 Å². The van der Waals surface area contributed by atoms with Crippen molar-refractivity contribution in [3.05, 3.63) is 18.0 Å². The average Bonchev–Trinajstić information content (AvgIpc) is 2.81. The fourth-order valence-electron chi connectivity index (χ4n) is 1.34. The molecule has 0 saturated carbocycles. The van der Waals surface area contributed by atoms with Gasteiger partial charge in [-0.1, -0.05) is 0 Å². The zero-order valence-electron chi connectivity index (χ0n) is 8.23. The molecule has 1 fully saturated rings. The molecule has 6 heteroatoms. The first-order chi connectivity index (χ1) is 7.36. The highest BCUT2D eigenvalue weighted by molar-refractivity contribution is 5.93. The topological polar surface area (TPSA) is 76.2 Å². The van der Waals surface area contributed by atoms with Crippen LogP contribution in [0.5, 0.6) is 0 Å². The number of amides is 1. The molecule has 1 aliphatic heterocycles.